The van der Waals surface area contributed by atoms with Crippen LogP contribution in [0.25, 0.3) is 0 Å². The van der Waals surface area contributed by atoms with Gasteiger partial charge in [0.2, 0.25) is 0 Å². The number of hydrogen-bond acceptors (Lipinski definition) is 4. The number of rotatable bonds is 5. The van der Waals surface area contributed by atoms with Gasteiger partial charge in [0, 0.05) is 37.5 Å². The van der Waals surface area contributed by atoms with E-state index >= 15 is 0 Å². The second kappa shape index (κ2) is 6.33. The first-order valence-corrected chi connectivity index (χ1v) is 7.89. The Morgan fingerprint density at radius 1 is 1.50 bits per heavy atom. The van der Waals surface area contributed by atoms with Crippen LogP contribution in [-0.2, 0) is 12.3 Å². The summed E-state index contributed by atoms with van der Waals surface area (Å²) in [5.74, 6) is 1.29. The van der Waals surface area contributed by atoms with Crippen molar-refractivity contribution in [1.82, 2.24) is 14.8 Å². The molecule has 18 heavy (non-hydrogen) atoms. The Hall–Kier alpha value is -0.160. The van der Waals surface area contributed by atoms with Crippen molar-refractivity contribution in [2.45, 2.75) is 25.3 Å². The summed E-state index contributed by atoms with van der Waals surface area (Å²) in [7, 11) is 4.36. The zero-order valence-corrected chi connectivity index (χ0v) is 13.0. The highest BCUT2D eigenvalue weighted by atomic mass is 35.5. The van der Waals surface area contributed by atoms with Crippen LogP contribution in [0.5, 0.6) is 0 Å². The van der Waals surface area contributed by atoms with Crippen LogP contribution < -0.4 is 0 Å². The lowest BCUT2D eigenvalue weighted by Crippen LogP contribution is -2.34. The highest BCUT2D eigenvalue weighted by Gasteiger charge is 2.30. The highest BCUT2D eigenvalue weighted by Crippen LogP contribution is 2.20. The fourth-order valence-electron chi connectivity index (χ4n) is 2.68. The molecule has 1 aromatic heterocycles. The Bertz CT molecular complexity index is 380. The van der Waals surface area contributed by atoms with Crippen LogP contribution in [0.3, 0.4) is 0 Å². The van der Waals surface area contributed by atoms with E-state index in [0.29, 0.717) is 11.9 Å². The van der Waals surface area contributed by atoms with Gasteiger partial charge in [-0.25, -0.2) is 4.98 Å². The van der Waals surface area contributed by atoms with Crippen molar-refractivity contribution in [1.29, 1.82) is 0 Å². The summed E-state index contributed by atoms with van der Waals surface area (Å²) < 4.78 is 0. The molecule has 0 spiro atoms. The Kier molecular flexibility index (Phi) is 5.01. The van der Waals surface area contributed by atoms with Crippen LogP contribution in [-0.4, -0.2) is 54.6 Å². The van der Waals surface area contributed by atoms with Gasteiger partial charge in [0.1, 0.15) is 0 Å². The average molecular weight is 288 g/mol. The Morgan fingerprint density at radius 2 is 2.28 bits per heavy atom. The van der Waals surface area contributed by atoms with Gasteiger partial charge in [-0.1, -0.05) is 6.92 Å². The molecule has 0 saturated carbocycles. The molecule has 2 rings (SSSR count). The molecule has 5 heteroatoms. The van der Waals surface area contributed by atoms with Gasteiger partial charge in [0.15, 0.2) is 0 Å². The summed E-state index contributed by atoms with van der Waals surface area (Å²) in [6.45, 7) is 5.85. The lowest BCUT2D eigenvalue weighted by molar-refractivity contribution is 0.252. The lowest BCUT2D eigenvalue weighted by Gasteiger charge is -2.22. The molecule has 0 aliphatic carbocycles. The van der Waals surface area contributed by atoms with Crippen LogP contribution in [0.1, 0.15) is 17.6 Å². The van der Waals surface area contributed by atoms with Gasteiger partial charge in [-0.15, -0.1) is 22.9 Å². The molecule has 1 aliphatic heterocycles. The van der Waals surface area contributed by atoms with E-state index in [1.807, 2.05) is 0 Å². The summed E-state index contributed by atoms with van der Waals surface area (Å²) in [6.07, 6.45) is 1.05. The third kappa shape index (κ3) is 3.44. The molecule has 0 bridgehead atoms. The molecule has 2 atom stereocenters. The summed E-state index contributed by atoms with van der Waals surface area (Å²) in [5.41, 5.74) is 1.01. The number of aromatic nitrogens is 1. The van der Waals surface area contributed by atoms with Crippen LogP contribution in [0.4, 0.5) is 0 Å². The van der Waals surface area contributed by atoms with Crippen LogP contribution >= 0.6 is 22.9 Å². The quantitative estimate of drug-likeness (QED) is 0.775. The second-order valence-corrected chi connectivity index (χ2v) is 6.59. The maximum absolute atomic E-state index is 5.77. The molecule has 0 radical (unpaired) electrons. The van der Waals surface area contributed by atoms with Crippen LogP contribution in [0.2, 0.25) is 0 Å². The Morgan fingerprint density at radius 3 is 2.83 bits per heavy atom. The van der Waals surface area contributed by atoms with E-state index in [-0.39, 0.29) is 0 Å². The van der Waals surface area contributed by atoms with E-state index in [2.05, 4.69) is 41.2 Å². The van der Waals surface area contributed by atoms with E-state index in [1.54, 1.807) is 11.3 Å². The van der Waals surface area contributed by atoms with Gasteiger partial charge in [0.25, 0.3) is 0 Å². The number of halogens is 1. The molecule has 0 amide bonds. The molecule has 1 aliphatic rings. The zero-order valence-electron chi connectivity index (χ0n) is 11.4. The van der Waals surface area contributed by atoms with Crippen molar-refractivity contribution in [3.63, 3.8) is 0 Å². The number of thiazole rings is 1. The van der Waals surface area contributed by atoms with E-state index < -0.39 is 0 Å². The summed E-state index contributed by atoms with van der Waals surface area (Å²) in [5, 5.41) is 3.28. The predicted molar refractivity (Wildman–Crippen MR) is 78.5 cm³/mol. The Labute approximate surface area is 119 Å². The molecule has 2 heterocycles. The van der Waals surface area contributed by atoms with Crippen molar-refractivity contribution >= 4 is 22.9 Å². The molecule has 1 fully saturated rings. The number of likely N-dealkylation sites (tertiary alicyclic amines) is 1. The van der Waals surface area contributed by atoms with E-state index in [0.717, 1.165) is 24.6 Å². The standard InChI is InChI=1S/C13H22ClN3S/c1-10-7-17(8-12(10)16(2)3)5-4-13-15-11(6-14)9-18-13/h9-10,12H,4-8H2,1-3H3. The summed E-state index contributed by atoms with van der Waals surface area (Å²) in [6, 6.07) is 0.694. The molecule has 3 nitrogen and oxygen atoms in total. The Balaban J connectivity index is 1.81. The van der Waals surface area contributed by atoms with Crippen molar-refractivity contribution in [2.24, 2.45) is 5.92 Å². The summed E-state index contributed by atoms with van der Waals surface area (Å²) >= 11 is 7.50. The second-order valence-electron chi connectivity index (χ2n) is 5.38. The fourth-order valence-corrected chi connectivity index (χ4v) is 3.70. The molecular formula is C13H22ClN3S. The van der Waals surface area contributed by atoms with Crippen molar-refractivity contribution < 1.29 is 0 Å². The first kappa shape index (κ1) is 14.3. The van der Waals surface area contributed by atoms with Crippen LogP contribution in [0, 0.1) is 5.92 Å². The molecular weight excluding hydrogens is 266 g/mol. The first-order valence-electron chi connectivity index (χ1n) is 6.48. The fraction of sp³-hybridized carbons (Fsp3) is 0.769. The molecule has 1 saturated heterocycles. The van der Waals surface area contributed by atoms with Crippen molar-refractivity contribution in [3.8, 4) is 0 Å². The number of likely N-dealkylation sites (N-methyl/N-ethyl adjacent to an activating group) is 1. The molecule has 1 aromatic rings. The van der Waals surface area contributed by atoms with Gasteiger partial charge in [-0.3, -0.25) is 0 Å². The maximum Gasteiger partial charge on any atom is 0.0941 e. The normalized spacial score (nSPS) is 25.2. The zero-order chi connectivity index (χ0) is 13.1. The molecule has 2 unspecified atom stereocenters. The van der Waals surface area contributed by atoms with Crippen molar-refractivity contribution in [3.05, 3.63) is 16.1 Å². The van der Waals surface area contributed by atoms with E-state index in [4.69, 9.17) is 11.6 Å². The van der Waals surface area contributed by atoms with E-state index in [1.165, 1.54) is 18.1 Å². The largest absolute Gasteiger partial charge is 0.305 e. The van der Waals surface area contributed by atoms with Gasteiger partial charge in [-0.05, 0) is 20.0 Å². The molecule has 0 N–H and O–H groups in total. The van der Waals surface area contributed by atoms with Gasteiger partial charge >= 0.3 is 0 Å². The predicted octanol–water partition coefficient (Wildman–Crippen LogP) is 2.31. The number of alkyl halides is 1. The smallest absolute Gasteiger partial charge is 0.0941 e. The van der Waals surface area contributed by atoms with Gasteiger partial charge < -0.3 is 9.80 Å². The minimum Gasteiger partial charge on any atom is -0.305 e. The van der Waals surface area contributed by atoms with E-state index in [9.17, 15) is 0 Å². The minimum atomic E-state index is 0.528. The monoisotopic (exact) mass is 287 g/mol. The highest BCUT2D eigenvalue weighted by molar-refractivity contribution is 7.09. The number of hydrogen-bond donors (Lipinski definition) is 0. The topological polar surface area (TPSA) is 19.4 Å². The van der Waals surface area contributed by atoms with Crippen LogP contribution in [0.15, 0.2) is 5.38 Å². The number of nitrogens with zero attached hydrogens (tertiary/aromatic N) is 3. The third-order valence-electron chi connectivity index (χ3n) is 3.69. The third-order valence-corrected chi connectivity index (χ3v) is 4.92. The van der Waals surface area contributed by atoms with Crippen molar-refractivity contribution in [2.75, 3.05) is 33.7 Å². The first-order chi connectivity index (χ1) is 8.60. The molecule has 0 aromatic carbocycles. The van der Waals surface area contributed by atoms with Gasteiger partial charge in [-0.2, -0.15) is 0 Å². The summed E-state index contributed by atoms with van der Waals surface area (Å²) in [4.78, 5) is 9.41. The molecule has 102 valence electrons. The van der Waals surface area contributed by atoms with Gasteiger partial charge in [0.05, 0.1) is 16.6 Å². The maximum atomic E-state index is 5.77. The SMILES string of the molecule is CC1CN(CCc2nc(CCl)cs2)CC1N(C)C. The average Bonchev–Trinajstić information content (AvgIpc) is 2.92. The lowest BCUT2D eigenvalue weighted by atomic mass is 10.1. The minimum absolute atomic E-state index is 0.528.